The van der Waals surface area contributed by atoms with Crippen LogP contribution in [0.25, 0.3) is 22.3 Å². The molecule has 1 aromatic heterocycles. The van der Waals surface area contributed by atoms with Gasteiger partial charge in [0.05, 0.1) is 12.2 Å². The lowest BCUT2D eigenvalue weighted by Crippen LogP contribution is -2.55. The van der Waals surface area contributed by atoms with Crippen LogP contribution >= 0.6 is 0 Å². The Morgan fingerprint density at radius 3 is 1.80 bits per heavy atom. The van der Waals surface area contributed by atoms with Crippen molar-refractivity contribution in [1.29, 1.82) is 0 Å². The lowest BCUT2D eigenvalue weighted by Gasteiger charge is -2.37. The van der Waals surface area contributed by atoms with Gasteiger partial charge in [0.25, 0.3) is 5.79 Å². The molecule has 4 heterocycles. The van der Waals surface area contributed by atoms with E-state index in [0.29, 0.717) is 17.1 Å². The van der Waals surface area contributed by atoms with Crippen LogP contribution in [-0.2, 0) is 45.4 Å². The van der Waals surface area contributed by atoms with Crippen LogP contribution in [0, 0.1) is 0 Å². The fraction of sp³-hybridized carbons (Fsp3) is 0.281. The van der Waals surface area contributed by atoms with Gasteiger partial charge in [-0.2, -0.15) is 0 Å². The number of phenols is 1. The highest BCUT2D eigenvalue weighted by Gasteiger charge is 2.54. The fourth-order valence-corrected chi connectivity index (χ4v) is 10.4. The van der Waals surface area contributed by atoms with Crippen molar-refractivity contribution < 1.29 is 66.4 Å². The van der Waals surface area contributed by atoms with Crippen LogP contribution in [0.5, 0.6) is 46.0 Å². The van der Waals surface area contributed by atoms with Crippen LogP contribution in [0.3, 0.4) is 0 Å². The molecule has 0 amide bonds. The van der Waals surface area contributed by atoms with Gasteiger partial charge in [-0.15, -0.1) is 0 Å². The molecule has 1 aliphatic carbocycles. The molecule has 4 aliphatic rings. The molecule has 7 aromatic carbocycles. The summed E-state index contributed by atoms with van der Waals surface area (Å²) in [4.78, 5) is 30.2. The van der Waals surface area contributed by atoms with Gasteiger partial charge >= 0.3 is 5.97 Å². The second kappa shape index (κ2) is 22.1. The maximum Gasteiger partial charge on any atom is 0.339 e. The predicted octanol–water partition coefficient (Wildman–Crippen LogP) is 12.4. The molecule has 79 heavy (non-hydrogen) atoms. The highest BCUT2D eigenvalue weighted by atomic mass is 16.8. The molecule has 404 valence electrons. The van der Waals surface area contributed by atoms with Gasteiger partial charge in [0.15, 0.2) is 40.6 Å². The molecule has 15 nitrogen and oxygen atoms in total. The number of rotatable bonds is 17. The molecule has 1 spiro atoms. The lowest BCUT2D eigenvalue weighted by atomic mass is 9.94. The van der Waals surface area contributed by atoms with Crippen LogP contribution in [0.4, 0.5) is 0 Å². The van der Waals surface area contributed by atoms with E-state index >= 15 is 9.59 Å². The number of hydrogen-bond donors (Lipinski definition) is 1. The standard InChI is InChI=1S/C64H58O15/c1-63(2)76-53-39-72-62(75-59-55(66)54-47(65)33-46(68-35-40-18-8-3-9-19-40)34-50(54)73-56(59)44-26-27-48-49(30-44)78-64(77-48)28-16-7-17-29-64)60(58(53)79-63)74-61(67)45-31-51(69-36-41-20-10-4-11-21-41)57(71-38-43-24-14-6-15-25-43)52(32-45)70-37-42-22-12-5-13-23-42/h3-6,8-15,18-27,30-34,53,58,60,62,65H,7,16-17,28-29,35-39H2,1-2H3/t53-,58-,60+,62-/m0/s1. The third kappa shape index (κ3) is 11.3. The zero-order valence-electron chi connectivity index (χ0n) is 43.6. The number of ether oxygens (including phenoxy) is 11. The van der Waals surface area contributed by atoms with Crippen LogP contribution < -0.4 is 38.6 Å². The van der Waals surface area contributed by atoms with E-state index in [2.05, 4.69) is 0 Å². The molecule has 0 bridgehead atoms. The summed E-state index contributed by atoms with van der Waals surface area (Å²) in [7, 11) is 0. The van der Waals surface area contributed by atoms with Crippen molar-refractivity contribution in [3.05, 3.63) is 202 Å². The van der Waals surface area contributed by atoms with Crippen LogP contribution in [0.15, 0.2) is 173 Å². The molecular formula is C64H58O15. The van der Waals surface area contributed by atoms with Crippen molar-refractivity contribution >= 4 is 16.9 Å². The fourth-order valence-electron chi connectivity index (χ4n) is 10.4. The molecule has 3 aliphatic heterocycles. The van der Waals surface area contributed by atoms with E-state index in [1.54, 1.807) is 50.2 Å². The first-order valence-electron chi connectivity index (χ1n) is 26.6. The highest BCUT2D eigenvalue weighted by molar-refractivity contribution is 5.91. The highest BCUT2D eigenvalue weighted by Crippen LogP contribution is 2.49. The van der Waals surface area contributed by atoms with Gasteiger partial charge in [-0.25, -0.2) is 4.79 Å². The molecule has 0 radical (unpaired) electrons. The van der Waals surface area contributed by atoms with Crippen molar-refractivity contribution in [3.8, 4) is 57.3 Å². The Morgan fingerprint density at radius 2 is 1.19 bits per heavy atom. The van der Waals surface area contributed by atoms with Gasteiger partial charge in [0.1, 0.15) is 61.1 Å². The molecule has 1 saturated carbocycles. The lowest BCUT2D eigenvalue weighted by molar-refractivity contribution is -0.219. The second-order valence-corrected chi connectivity index (χ2v) is 20.5. The monoisotopic (exact) mass is 1070 g/mol. The number of fused-ring (bicyclic) bond motifs is 3. The van der Waals surface area contributed by atoms with E-state index in [1.807, 2.05) is 121 Å². The van der Waals surface area contributed by atoms with Crippen molar-refractivity contribution in [2.45, 2.75) is 109 Å². The largest absolute Gasteiger partial charge is 0.507 e. The van der Waals surface area contributed by atoms with E-state index in [9.17, 15) is 5.11 Å². The number of benzene rings is 7. The summed E-state index contributed by atoms with van der Waals surface area (Å²) in [5.74, 6) is -1.56. The minimum Gasteiger partial charge on any atom is -0.507 e. The van der Waals surface area contributed by atoms with Crippen LogP contribution in [-0.4, -0.2) is 53.9 Å². The number of hydrogen-bond acceptors (Lipinski definition) is 15. The Balaban J connectivity index is 0.920. The van der Waals surface area contributed by atoms with Crippen molar-refractivity contribution in [3.63, 3.8) is 0 Å². The maximum absolute atomic E-state index is 15.1. The maximum atomic E-state index is 15.1. The molecule has 8 aromatic rings. The van der Waals surface area contributed by atoms with Crippen LogP contribution in [0.1, 0.15) is 78.6 Å². The zero-order chi connectivity index (χ0) is 53.9. The first-order valence-corrected chi connectivity index (χ1v) is 26.6. The summed E-state index contributed by atoms with van der Waals surface area (Å²) in [6.07, 6.45) is -0.114. The Hall–Kier alpha value is -8.50. The summed E-state index contributed by atoms with van der Waals surface area (Å²) >= 11 is 0. The first-order chi connectivity index (χ1) is 38.5. The Kier molecular flexibility index (Phi) is 14.3. The average molecular weight is 1070 g/mol. The number of carbonyl (C=O) groups excluding carboxylic acids is 1. The molecule has 4 atom stereocenters. The van der Waals surface area contributed by atoms with Gasteiger partial charge in [0, 0.05) is 30.5 Å². The molecular weight excluding hydrogens is 1010 g/mol. The van der Waals surface area contributed by atoms with Gasteiger partial charge in [-0.1, -0.05) is 128 Å². The quantitative estimate of drug-likeness (QED) is 0.0854. The normalized spacial score (nSPS) is 19.6. The Labute approximate surface area is 456 Å². The minimum atomic E-state index is -1.51. The van der Waals surface area contributed by atoms with Gasteiger partial charge in [-0.05, 0) is 79.3 Å². The number of phenolic OH excluding ortho intramolecular Hbond substituents is 1. The molecule has 0 unspecified atom stereocenters. The summed E-state index contributed by atoms with van der Waals surface area (Å²) in [5.41, 5.74) is 3.25. The van der Waals surface area contributed by atoms with E-state index < -0.39 is 53.3 Å². The van der Waals surface area contributed by atoms with Gasteiger partial charge in [-0.3, -0.25) is 4.79 Å². The summed E-state index contributed by atoms with van der Waals surface area (Å²) < 4.78 is 77.6. The summed E-state index contributed by atoms with van der Waals surface area (Å²) in [5, 5.41) is 11.4. The molecule has 15 heteroatoms. The number of esters is 1. The average Bonchev–Trinajstić information content (AvgIpc) is 4.01. The van der Waals surface area contributed by atoms with Crippen molar-refractivity contribution in [1.82, 2.24) is 0 Å². The van der Waals surface area contributed by atoms with Gasteiger partial charge < -0.3 is 61.6 Å². The third-order valence-corrected chi connectivity index (χ3v) is 14.2. The van der Waals surface area contributed by atoms with E-state index in [1.165, 1.54) is 6.07 Å². The number of carbonyl (C=O) groups is 1. The SMILES string of the molecule is CC1(C)O[C@@H]2[C@@H](OC(=O)c3cc(OCc4ccccc4)c(OCc4ccccc4)c(OCc4ccccc4)c3)[C@H](Oc3c(-c4ccc5c(c4)OC4(CCCCC4)O5)oc4cc(OCc5ccccc5)cc(O)c4c3=O)OC[C@@H]2O1. The third-order valence-electron chi connectivity index (χ3n) is 14.2. The predicted molar refractivity (Wildman–Crippen MR) is 290 cm³/mol. The summed E-state index contributed by atoms with van der Waals surface area (Å²) in [6, 6.07) is 49.6. The van der Waals surface area contributed by atoms with Crippen molar-refractivity contribution in [2.24, 2.45) is 0 Å². The molecule has 1 N–H and O–H groups in total. The van der Waals surface area contributed by atoms with Gasteiger partial charge in [0.2, 0.25) is 23.2 Å². The van der Waals surface area contributed by atoms with E-state index in [-0.39, 0.29) is 84.1 Å². The van der Waals surface area contributed by atoms with E-state index in [0.717, 1.165) is 54.4 Å². The minimum absolute atomic E-state index is 0.0190. The zero-order valence-corrected chi connectivity index (χ0v) is 43.6. The topological polar surface area (TPSA) is 169 Å². The van der Waals surface area contributed by atoms with Crippen LogP contribution in [0.2, 0.25) is 0 Å². The Bertz CT molecular complexity index is 3440. The molecule has 3 fully saturated rings. The molecule has 12 rings (SSSR count). The number of aromatic hydroxyl groups is 1. The van der Waals surface area contributed by atoms with Crippen molar-refractivity contribution in [2.75, 3.05) is 6.61 Å². The first kappa shape index (κ1) is 51.3. The second-order valence-electron chi connectivity index (χ2n) is 20.5. The Morgan fingerprint density at radius 1 is 0.620 bits per heavy atom. The summed E-state index contributed by atoms with van der Waals surface area (Å²) in [6.45, 7) is 4.05. The van der Waals surface area contributed by atoms with E-state index in [4.69, 9.17) is 56.5 Å². The smallest absolute Gasteiger partial charge is 0.339 e. The molecule has 2 saturated heterocycles.